The number of hydrogen-bond acceptors (Lipinski definition) is 3. The summed E-state index contributed by atoms with van der Waals surface area (Å²) in [6.07, 6.45) is 6.24. The van der Waals surface area contributed by atoms with Crippen LogP contribution in [0, 0.1) is 0 Å². The number of nitrogens with two attached hydrogens (primary N) is 1. The maximum Gasteiger partial charge on any atom is 0.309 e. The maximum absolute atomic E-state index is 11.1. The molecule has 0 spiro atoms. The van der Waals surface area contributed by atoms with Crippen molar-refractivity contribution in [2.24, 2.45) is 5.73 Å². The summed E-state index contributed by atoms with van der Waals surface area (Å²) in [5.74, 6) is -0.190. The minimum absolute atomic E-state index is 0.190. The van der Waals surface area contributed by atoms with Crippen LogP contribution in [0.3, 0.4) is 0 Å². The van der Waals surface area contributed by atoms with Crippen LogP contribution in [0.25, 0.3) is 0 Å². The van der Waals surface area contributed by atoms with Crippen molar-refractivity contribution in [2.75, 3.05) is 13.7 Å². The fraction of sp³-hybridized carbons (Fsp3) is 0.533. The minimum atomic E-state index is -0.190. The van der Waals surface area contributed by atoms with Gasteiger partial charge in [-0.1, -0.05) is 37.1 Å². The lowest BCUT2D eigenvalue weighted by atomic mass is 10.0. The summed E-state index contributed by atoms with van der Waals surface area (Å²) in [5, 5.41) is 0. The van der Waals surface area contributed by atoms with Gasteiger partial charge in [-0.15, -0.1) is 0 Å². The summed E-state index contributed by atoms with van der Waals surface area (Å²) in [6.45, 7) is 0.794. The van der Waals surface area contributed by atoms with Crippen molar-refractivity contribution in [3.63, 3.8) is 0 Å². The Labute approximate surface area is 109 Å². The number of carbonyl (C=O) groups excluding carboxylic acids is 1. The number of aryl methyl sites for hydroxylation is 1. The molecule has 0 unspecified atom stereocenters. The largest absolute Gasteiger partial charge is 0.469 e. The number of hydrogen-bond donors (Lipinski definition) is 1. The zero-order chi connectivity index (χ0) is 13.2. The number of ether oxygens (including phenoxy) is 1. The average Bonchev–Trinajstić information content (AvgIpc) is 2.40. The highest BCUT2D eigenvalue weighted by Crippen LogP contribution is 2.10. The van der Waals surface area contributed by atoms with Crippen LogP contribution >= 0.6 is 0 Å². The molecule has 1 aromatic carbocycles. The minimum Gasteiger partial charge on any atom is -0.469 e. The molecule has 0 radical (unpaired) electrons. The van der Waals surface area contributed by atoms with Gasteiger partial charge in [0.15, 0.2) is 0 Å². The second-order valence-corrected chi connectivity index (χ2v) is 4.52. The molecule has 0 aliphatic carbocycles. The molecule has 0 bridgehead atoms. The molecule has 0 aromatic heterocycles. The van der Waals surface area contributed by atoms with E-state index in [4.69, 9.17) is 5.73 Å². The summed E-state index contributed by atoms with van der Waals surface area (Å²) in [4.78, 5) is 11.1. The standard InChI is InChI=1S/C15H23NO2/c1-18-15(17)12-14-9-7-13(8-10-14)6-4-2-3-5-11-16/h7-10H,2-6,11-12,16H2,1H3. The lowest BCUT2D eigenvalue weighted by Crippen LogP contribution is -2.04. The van der Waals surface area contributed by atoms with E-state index in [9.17, 15) is 4.79 Å². The summed E-state index contributed by atoms with van der Waals surface area (Å²) in [5.41, 5.74) is 7.79. The fourth-order valence-electron chi connectivity index (χ4n) is 1.89. The van der Waals surface area contributed by atoms with Gasteiger partial charge in [-0.3, -0.25) is 4.79 Å². The molecule has 0 aliphatic rings. The van der Waals surface area contributed by atoms with Gasteiger partial charge >= 0.3 is 5.97 Å². The highest BCUT2D eigenvalue weighted by Gasteiger charge is 2.02. The smallest absolute Gasteiger partial charge is 0.309 e. The third kappa shape index (κ3) is 5.82. The Morgan fingerprint density at radius 3 is 2.28 bits per heavy atom. The number of methoxy groups -OCH3 is 1. The lowest BCUT2D eigenvalue weighted by Gasteiger charge is -2.04. The summed E-state index contributed by atoms with van der Waals surface area (Å²) >= 11 is 0. The zero-order valence-corrected chi connectivity index (χ0v) is 11.2. The quantitative estimate of drug-likeness (QED) is 0.569. The van der Waals surface area contributed by atoms with Gasteiger partial charge in [-0.05, 0) is 36.9 Å². The van der Waals surface area contributed by atoms with E-state index in [0.29, 0.717) is 6.42 Å². The summed E-state index contributed by atoms with van der Waals surface area (Å²) in [6, 6.07) is 8.21. The van der Waals surface area contributed by atoms with E-state index in [1.54, 1.807) is 0 Å². The Bertz CT molecular complexity index is 346. The molecule has 1 aromatic rings. The van der Waals surface area contributed by atoms with Crippen LogP contribution < -0.4 is 5.73 Å². The molecule has 0 aliphatic heterocycles. The molecule has 2 N–H and O–H groups in total. The molecule has 0 fully saturated rings. The average molecular weight is 249 g/mol. The van der Waals surface area contributed by atoms with Crippen LogP contribution in [0.15, 0.2) is 24.3 Å². The van der Waals surface area contributed by atoms with E-state index in [1.807, 2.05) is 12.1 Å². The van der Waals surface area contributed by atoms with Crippen molar-refractivity contribution in [3.05, 3.63) is 35.4 Å². The summed E-state index contributed by atoms with van der Waals surface area (Å²) in [7, 11) is 1.41. The van der Waals surface area contributed by atoms with Crippen molar-refractivity contribution < 1.29 is 9.53 Å². The molecular weight excluding hydrogens is 226 g/mol. The van der Waals surface area contributed by atoms with Gasteiger partial charge in [0.05, 0.1) is 13.5 Å². The maximum atomic E-state index is 11.1. The van der Waals surface area contributed by atoms with Crippen LogP contribution in [0.2, 0.25) is 0 Å². The van der Waals surface area contributed by atoms with E-state index in [0.717, 1.165) is 24.9 Å². The third-order valence-electron chi connectivity index (χ3n) is 3.02. The van der Waals surface area contributed by atoms with Crippen LogP contribution in [0.5, 0.6) is 0 Å². The molecule has 1 rings (SSSR count). The van der Waals surface area contributed by atoms with Crippen LogP contribution in [0.4, 0.5) is 0 Å². The van der Waals surface area contributed by atoms with Gasteiger partial charge in [0.25, 0.3) is 0 Å². The van der Waals surface area contributed by atoms with Crippen LogP contribution in [-0.2, 0) is 22.4 Å². The first-order valence-electron chi connectivity index (χ1n) is 6.61. The molecule has 0 amide bonds. The van der Waals surface area contributed by atoms with Gasteiger partial charge in [0, 0.05) is 0 Å². The number of esters is 1. The zero-order valence-electron chi connectivity index (χ0n) is 11.2. The molecule has 18 heavy (non-hydrogen) atoms. The van der Waals surface area contributed by atoms with E-state index in [-0.39, 0.29) is 5.97 Å². The lowest BCUT2D eigenvalue weighted by molar-refractivity contribution is -0.139. The highest BCUT2D eigenvalue weighted by atomic mass is 16.5. The van der Waals surface area contributed by atoms with Gasteiger partial charge in [0.2, 0.25) is 0 Å². The Kier molecular flexibility index (Phi) is 7.11. The molecule has 0 atom stereocenters. The molecule has 0 saturated carbocycles. The van der Waals surface area contributed by atoms with E-state index >= 15 is 0 Å². The van der Waals surface area contributed by atoms with Crippen molar-refractivity contribution >= 4 is 5.97 Å². The Morgan fingerprint density at radius 2 is 1.67 bits per heavy atom. The van der Waals surface area contributed by atoms with Gasteiger partial charge in [0.1, 0.15) is 0 Å². The number of rotatable bonds is 8. The van der Waals surface area contributed by atoms with E-state index in [1.165, 1.54) is 31.9 Å². The third-order valence-corrected chi connectivity index (χ3v) is 3.02. The molecule has 0 heterocycles. The first kappa shape index (κ1) is 14.7. The van der Waals surface area contributed by atoms with Crippen molar-refractivity contribution in [1.82, 2.24) is 0 Å². The first-order chi connectivity index (χ1) is 8.76. The number of carbonyl (C=O) groups is 1. The Hall–Kier alpha value is -1.35. The Balaban J connectivity index is 2.29. The number of unbranched alkanes of at least 4 members (excludes halogenated alkanes) is 3. The molecule has 3 nitrogen and oxygen atoms in total. The normalized spacial score (nSPS) is 10.3. The fourth-order valence-corrected chi connectivity index (χ4v) is 1.89. The van der Waals surface area contributed by atoms with Gasteiger partial charge in [-0.25, -0.2) is 0 Å². The number of benzene rings is 1. The second-order valence-electron chi connectivity index (χ2n) is 4.52. The van der Waals surface area contributed by atoms with Crippen molar-refractivity contribution in [2.45, 2.75) is 38.5 Å². The second kappa shape index (κ2) is 8.70. The van der Waals surface area contributed by atoms with E-state index in [2.05, 4.69) is 16.9 Å². The first-order valence-corrected chi connectivity index (χ1v) is 6.61. The topological polar surface area (TPSA) is 52.3 Å². The molecule has 100 valence electrons. The van der Waals surface area contributed by atoms with Crippen LogP contribution in [-0.4, -0.2) is 19.6 Å². The molecule has 0 saturated heterocycles. The van der Waals surface area contributed by atoms with E-state index < -0.39 is 0 Å². The van der Waals surface area contributed by atoms with Crippen LogP contribution in [0.1, 0.15) is 36.8 Å². The van der Waals surface area contributed by atoms with Gasteiger partial charge < -0.3 is 10.5 Å². The molecule has 3 heteroatoms. The van der Waals surface area contributed by atoms with Crippen molar-refractivity contribution in [3.8, 4) is 0 Å². The monoisotopic (exact) mass is 249 g/mol. The predicted molar refractivity (Wildman–Crippen MR) is 73.4 cm³/mol. The molecular formula is C15H23NO2. The predicted octanol–water partition coefficient (Wildman–Crippen LogP) is 2.46. The Morgan fingerprint density at radius 1 is 1.06 bits per heavy atom. The SMILES string of the molecule is COC(=O)Cc1ccc(CCCCCCN)cc1. The van der Waals surface area contributed by atoms with Gasteiger partial charge in [-0.2, -0.15) is 0 Å². The summed E-state index contributed by atoms with van der Waals surface area (Å²) < 4.78 is 4.64. The van der Waals surface area contributed by atoms with Crippen molar-refractivity contribution in [1.29, 1.82) is 0 Å². The highest BCUT2D eigenvalue weighted by molar-refractivity contribution is 5.72.